The van der Waals surface area contributed by atoms with Crippen LogP contribution in [-0.2, 0) is 12.8 Å². The van der Waals surface area contributed by atoms with E-state index in [1.54, 1.807) is 0 Å². The van der Waals surface area contributed by atoms with Crippen LogP contribution in [0.15, 0.2) is 42.8 Å². The van der Waals surface area contributed by atoms with Crippen LogP contribution in [0.1, 0.15) is 54.6 Å². The maximum Gasteiger partial charge on any atom is 0.118 e. The Morgan fingerprint density at radius 2 is 2.03 bits per heavy atom. The van der Waals surface area contributed by atoms with Gasteiger partial charge in [0.2, 0.25) is 0 Å². The molecule has 0 radical (unpaired) electrons. The Bertz CT molecular complexity index is 982. The van der Waals surface area contributed by atoms with Gasteiger partial charge in [-0.1, -0.05) is 18.2 Å². The van der Waals surface area contributed by atoms with E-state index in [0.717, 1.165) is 57.0 Å². The van der Waals surface area contributed by atoms with Gasteiger partial charge in [-0.15, -0.1) is 0 Å². The van der Waals surface area contributed by atoms with E-state index in [2.05, 4.69) is 76.8 Å². The number of nitrogens with zero attached hydrogens (tertiary/aromatic N) is 6. The number of fused-ring (bicyclic) bond motifs is 2. The molecule has 2 atom stereocenters. The van der Waals surface area contributed by atoms with Crippen molar-refractivity contribution in [3.8, 4) is 0 Å². The van der Waals surface area contributed by atoms with Crippen LogP contribution in [0.5, 0.6) is 0 Å². The van der Waals surface area contributed by atoms with Gasteiger partial charge in [0.25, 0.3) is 0 Å². The van der Waals surface area contributed by atoms with E-state index in [1.807, 2.05) is 6.20 Å². The van der Waals surface area contributed by atoms with E-state index in [-0.39, 0.29) is 6.04 Å². The molecule has 0 aromatic carbocycles. The van der Waals surface area contributed by atoms with Crippen LogP contribution < -0.4 is 0 Å². The molecule has 164 valence electrons. The van der Waals surface area contributed by atoms with Crippen LogP contribution in [0.2, 0.25) is 0 Å². The third-order valence-electron chi connectivity index (χ3n) is 7.25. The molecule has 2 aromatic heterocycles. The van der Waals surface area contributed by atoms with Gasteiger partial charge in [-0.05, 0) is 58.0 Å². The van der Waals surface area contributed by atoms with Gasteiger partial charge in [0.1, 0.15) is 11.6 Å². The molecule has 5 rings (SSSR count). The molecule has 0 spiro atoms. The van der Waals surface area contributed by atoms with E-state index in [9.17, 15) is 0 Å². The fraction of sp³-hybridized carbons (Fsp3) is 0.520. The maximum absolute atomic E-state index is 5.11. The number of pyridine rings is 1. The quantitative estimate of drug-likeness (QED) is 0.760. The van der Waals surface area contributed by atoms with Crippen molar-refractivity contribution in [2.24, 2.45) is 0 Å². The van der Waals surface area contributed by atoms with Gasteiger partial charge in [-0.2, -0.15) is 0 Å². The molecule has 0 bridgehead atoms. The van der Waals surface area contributed by atoms with Gasteiger partial charge in [0.15, 0.2) is 0 Å². The molecule has 4 heterocycles. The molecule has 3 aliphatic rings. The lowest BCUT2D eigenvalue weighted by Crippen LogP contribution is -2.44. The molecule has 6 heteroatoms. The topological polar surface area (TPSA) is 40.4 Å². The molecular weight excluding hydrogens is 384 g/mol. The molecule has 1 fully saturated rings. The summed E-state index contributed by atoms with van der Waals surface area (Å²) in [7, 11) is 4.44. The molecule has 1 aliphatic carbocycles. The zero-order valence-electron chi connectivity index (χ0n) is 19.0. The Hall–Kier alpha value is -2.44. The summed E-state index contributed by atoms with van der Waals surface area (Å²) in [6.07, 6.45) is 15.3. The minimum absolute atomic E-state index is 0.232. The molecular formula is C25H34N6. The third-order valence-corrected chi connectivity index (χ3v) is 7.25. The average Bonchev–Trinajstić information content (AvgIpc) is 3.12. The number of aromatic nitrogens is 3. The van der Waals surface area contributed by atoms with Crippen molar-refractivity contribution >= 4 is 5.82 Å². The van der Waals surface area contributed by atoms with Gasteiger partial charge in [-0.25, -0.2) is 4.98 Å². The van der Waals surface area contributed by atoms with Crippen molar-refractivity contribution < 1.29 is 0 Å². The lowest BCUT2D eigenvalue weighted by atomic mass is 9.90. The standard InChI is InChI=1S/C25H34N6/c1-19(29(3)22-10-6-8-20-9-7-13-26-25(20)22)21-18-31-23(27-21)11-4-5-12-24(31)30-16-14-28(2)15-17-30/h4-5,7,9,12-13,18-19,22H,6,8,10-11,14-17H2,1-3H3/t19?,22-/m0/s1. The van der Waals surface area contributed by atoms with Crippen LogP contribution in [0.3, 0.4) is 0 Å². The Labute approximate surface area is 185 Å². The Kier molecular flexibility index (Phi) is 5.67. The largest absolute Gasteiger partial charge is 0.355 e. The summed E-state index contributed by atoms with van der Waals surface area (Å²) >= 11 is 0. The summed E-state index contributed by atoms with van der Waals surface area (Å²) in [4.78, 5) is 17.2. The first-order valence-corrected chi connectivity index (χ1v) is 11.7. The monoisotopic (exact) mass is 418 g/mol. The summed E-state index contributed by atoms with van der Waals surface area (Å²) in [5.74, 6) is 2.39. The van der Waals surface area contributed by atoms with Gasteiger partial charge in [0, 0.05) is 45.0 Å². The number of imidazole rings is 1. The Balaban J connectivity index is 1.40. The number of piperazine rings is 1. The fourth-order valence-corrected chi connectivity index (χ4v) is 5.14. The minimum atomic E-state index is 0.232. The predicted molar refractivity (Wildman–Crippen MR) is 125 cm³/mol. The number of hydrogen-bond donors (Lipinski definition) is 0. The molecule has 2 aromatic rings. The number of likely N-dealkylation sites (N-methyl/N-ethyl adjacent to an activating group) is 1. The molecule has 1 saturated heterocycles. The van der Waals surface area contributed by atoms with Crippen molar-refractivity contribution in [2.45, 2.75) is 44.7 Å². The summed E-state index contributed by atoms with van der Waals surface area (Å²) in [5.41, 5.74) is 3.81. The van der Waals surface area contributed by atoms with E-state index in [0.29, 0.717) is 6.04 Å². The number of aryl methyl sites for hydroxylation is 1. The van der Waals surface area contributed by atoms with E-state index < -0.39 is 0 Å². The lowest BCUT2D eigenvalue weighted by molar-refractivity contribution is 0.161. The molecule has 31 heavy (non-hydrogen) atoms. The van der Waals surface area contributed by atoms with E-state index >= 15 is 0 Å². The summed E-state index contributed by atoms with van der Waals surface area (Å²) in [6, 6.07) is 4.89. The molecule has 0 N–H and O–H groups in total. The maximum atomic E-state index is 5.11. The highest BCUT2D eigenvalue weighted by Crippen LogP contribution is 2.36. The zero-order chi connectivity index (χ0) is 21.4. The predicted octanol–water partition coefficient (Wildman–Crippen LogP) is 3.51. The van der Waals surface area contributed by atoms with Gasteiger partial charge in [0.05, 0.1) is 23.5 Å². The second-order valence-electron chi connectivity index (χ2n) is 9.20. The molecule has 1 unspecified atom stereocenters. The molecule has 0 saturated carbocycles. The first kappa shape index (κ1) is 20.5. The second-order valence-corrected chi connectivity index (χ2v) is 9.20. The van der Waals surface area contributed by atoms with Crippen molar-refractivity contribution in [1.82, 2.24) is 29.2 Å². The van der Waals surface area contributed by atoms with Crippen LogP contribution >= 0.6 is 0 Å². The first-order valence-electron chi connectivity index (χ1n) is 11.7. The van der Waals surface area contributed by atoms with Gasteiger partial charge >= 0.3 is 0 Å². The minimum Gasteiger partial charge on any atom is -0.355 e. The highest BCUT2D eigenvalue weighted by atomic mass is 15.3. The normalized spacial score (nSPS) is 22.6. The highest BCUT2D eigenvalue weighted by molar-refractivity contribution is 5.50. The van der Waals surface area contributed by atoms with Crippen molar-refractivity contribution in [3.05, 3.63) is 65.5 Å². The van der Waals surface area contributed by atoms with Crippen LogP contribution in [0.25, 0.3) is 5.82 Å². The summed E-state index contributed by atoms with van der Waals surface area (Å²) in [5, 5.41) is 0. The van der Waals surface area contributed by atoms with E-state index in [4.69, 9.17) is 9.97 Å². The number of hydrogen-bond acceptors (Lipinski definition) is 5. The lowest BCUT2D eigenvalue weighted by Gasteiger charge is -2.36. The smallest absolute Gasteiger partial charge is 0.118 e. The summed E-state index contributed by atoms with van der Waals surface area (Å²) < 4.78 is 2.33. The van der Waals surface area contributed by atoms with Gasteiger partial charge in [-0.3, -0.25) is 14.5 Å². The van der Waals surface area contributed by atoms with Crippen LogP contribution in [0.4, 0.5) is 0 Å². The fourth-order valence-electron chi connectivity index (χ4n) is 5.14. The highest BCUT2D eigenvalue weighted by Gasteiger charge is 2.30. The molecule has 6 nitrogen and oxygen atoms in total. The van der Waals surface area contributed by atoms with Gasteiger partial charge < -0.3 is 9.80 Å². The van der Waals surface area contributed by atoms with Crippen molar-refractivity contribution in [1.29, 1.82) is 0 Å². The molecule has 0 amide bonds. The Morgan fingerprint density at radius 3 is 2.87 bits per heavy atom. The number of rotatable bonds is 4. The third kappa shape index (κ3) is 3.94. The molecule has 2 aliphatic heterocycles. The van der Waals surface area contributed by atoms with E-state index in [1.165, 1.54) is 23.5 Å². The first-order chi connectivity index (χ1) is 15.1. The van der Waals surface area contributed by atoms with Crippen molar-refractivity contribution in [3.63, 3.8) is 0 Å². The van der Waals surface area contributed by atoms with Crippen molar-refractivity contribution in [2.75, 3.05) is 40.3 Å². The number of allylic oxidation sites excluding steroid dienone is 3. The zero-order valence-corrected chi connectivity index (χ0v) is 19.0. The second kappa shape index (κ2) is 8.60. The average molecular weight is 419 g/mol. The summed E-state index contributed by atoms with van der Waals surface area (Å²) in [6.45, 7) is 6.61. The van der Waals surface area contributed by atoms with Crippen LogP contribution in [-0.4, -0.2) is 69.5 Å². The SMILES string of the molecule is CC(c1cn2c(n1)CC=CC=C2N1CCN(C)CC1)N(C)[C@H]1CCCc2cccnc21. The Morgan fingerprint density at radius 1 is 1.19 bits per heavy atom. The van der Waals surface area contributed by atoms with Crippen LogP contribution in [0, 0.1) is 0 Å².